The van der Waals surface area contributed by atoms with Gasteiger partial charge in [-0.15, -0.1) is 0 Å². The zero-order valence-electron chi connectivity index (χ0n) is 9.25. The molecule has 0 saturated carbocycles. The third kappa shape index (κ3) is 3.01. The van der Waals surface area contributed by atoms with Gasteiger partial charge in [-0.3, -0.25) is 4.99 Å². The molecule has 90 valence electrons. The van der Waals surface area contributed by atoms with Crippen LogP contribution in [0, 0.1) is 0 Å². The Kier molecular flexibility index (Phi) is 3.84. The molecule has 0 aliphatic carbocycles. The van der Waals surface area contributed by atoms with Gasteiger partial charge in [-0.1, -0.05) is 0 Å². The van der Waals surface area contributed by atoms with Gasteiger partial charge in [0, 0.05) is 18.0 Å². The second-order valence-corrected chi connectivity index (χ2v) is 4.24. The van der Waals surface area contributed by atoms with E-state index in [2.05, 4.69) is 25.9 Å². The third-order valence-electron chi connectivity index (χ3n) is 2.25. The van der Waals surface area contributed by atoms with E-state index in [4.69, 9.17) is 5.11 Å². The van der Waals surface area contributed by atoms with Gasteiger partial charge in [0.2, 0.25) is 0 Å². The Bertz CT molecular complexity index is 594. The molecule has 1 aromatic carbocycles. The van der Waals surface area contributed by atoms with Gasteiger partial charge in [-0.2, -0.15) is 0 Å². The van der Waals surface area contributed by atoms with Crippen LogP contribution < -0.4 is 0 Å². The number of nitrogens with zero attached hydrogens (tertiary/aromatic N) is 2. The van der Waals surface area contributed by atoms with E-state index in [1.54, 1.807) is 24.5 Å². The zero-order valence-corrected chi connectivity index (χ0v) is 10.8. The van der Waals surface area contributed by atoms with E-state index in [9.17, 15) is 4.79 Å². The molecule has 4 nitrogen and oxygen atoms in total. The summed E-state index contributed by atoms with van der Waals surface area (Å²) in [5, 5.41) is 8.77. The molecule has 0 spiro atoms. The summed E-state index contributed by atoms with van der Waals surface area (Å²) in [4.78, 5) is 19.0. The topological polar surface area (TPSA) is 62.5 Å². The van der Waals surface area contributed by atoms with Crippen LogP contribution in [0.2, 0.25) is 0 Å². The summed E-state index contributed by atoms with van der Waals surface area (Å²) in [6.45, 7) is 0. The lowest BCUT2D eigenvalue weighted by molar-refractivity contribution is 0.0697. The molecule has 18 heavy (non-hydrogen) atoms. The number of hydrogen-bond donors (Lipinski definition) is 1. The molecular weight excluding hydrogens is 296 g/mol. The minimum atomic E-state index is -0.944. The van der Waals surface area contributed by atoms with Crippen molar-refractivity contribution in [3.63, 3.8) is 0 Å². The molecule has 0 amide bonds. The fourth-order valence-corrected chi connectivity index (χ4v) is 1.68. The molecule has 2 aromatic rings. The number of carboxylic acid groups (broad SMARTS) is 1. The average molecular weight is 305 g/mol. The van der Waals surface area contributed by atoms with Gasteiger partial charge < -0.3 is 5.11 Å². The number of rotatable bonds is 3. The Hall–Kier alpha value is -2.01. The van der Waals surface area contributed by atoms with E-state index in [-0.39, 0.29) is 5.56 Å². The van der Waals surface area contributed by atoms with E-state index < -0.39 is 5.97 Å². The molecule has 2 rings (SSSR count). The molecular formula is C13H9BrN2O2. The van der Waals surface area contributed by atoms with Crippen molar-refractivity contribution >= 4 is 33.8 Å². The highest BCUT2D eigenvalue weighted by Gasteiger charge is 2.00. The summed E-state index contributed by atoms with van der Waals surface area (Å²) in [5.74, 6) is -0.944. The van der Waals surface area contributed by atoms with Crippen molar-refractivity contribution in [1.29, 1.82) is 0 Å². The highest BCUT2D eigenvalue weighted by molar-refractivity contribution is 9.10. The Morgan fingerprint density at radius 3 is 2.61 bits per heavy atom. The number of carboxylic acids is 1. The quantitative estimate of drug-likeness (QED) is 0.699. The van der Waals surface area contributed by atoms with Crippen molar-refractivity contribution in [3.8, 4) is 0 Å². The maximum absolute atomic E-state index is 10.7. The van der Waals surface area contributed by atoms with E-state index >= 15 is 0 Å². The summed E-state index contributed by atoms with van der Waals surface area (Å²) >= 11 is 3.32. The van der Waals surface area contributed by atoms with Crippen LogP contribution in [0.3, 0.4) is 0 Å². The first kappa shape index (κ1) is 12.4. The van der Waals surface area contributed by atoms with Gasteiger partial charge in [0.05, 0.1) is 11.3 Å². The molecule has 1 heterocycles. The molecule has 0 unspecified atom stereocenters. The van der Waals surface area contributed by atoms with Crippen molar-refractivity contribution in [3.05, 3.63) is 58.3 Å². The van der Waals surface area contributed by atoms with E-state index in [0.29, 0.717) is 5.69 Å². The number of aromatic nitrogens is 1. The highest BCUT2D eigenvalue weighted by atomic mass is 79.9. The van der Waals surface area contributed by atoms with Gasteiger partial charge in [-0.05, 0) is 52.3 Å². The number of aliphatic imine (C=N–C) groups is 1. The molecule has 0 aliphatic rings. The van der Waals surface area contributed by atoms with Crippen molar-refractivity contribution in [1.82, 2.24) is 4.98 Å². The van der Waals surface area contributed by atoms with Crippen LogP contribution in [0.1, 0.15) is 15.9 Å². The minimum Gasteiger partial charge on any atom is -0.478 e. The van der Waals surface area contributed by atoms with Crippen LogP contribution in [0.15, 0.2) is 52.2 Å². The van der Waals surface area contributed by atoms with E-state index in [0.717, 1.165) is 10.2 Å². The van der Waals surface area contributed by atoms with Gasteiger partial charge in [-0.25, -0.2) is 9.78 Å². The van der Waals surface area contributed by atoms with Crippen molar-refractivity contribution in [2.45, 2.75) is 0 Å². The number of carbonyl (C=O) groups is 1. The van der Waals surface area contributed by atoms with Gasteiger partial charge in [0.1, 0.15) is 4.60 Å². The smallest absolute Gasteiger partial charge is 0.335 e. The number of halogens is 1. The highest BCUT2D eigenvalue weighted by Crippen LogP contribution is 2.15. The maximum atomic E-state index is 10.7. The normalized spacial score (nSPS) is 10.7. The molecule has 0 atom stereocenters. The predicted octanol–water partition coefficient (Wildman–Crippen LogP) is 3.29. The van der Waals surface area contributed by atoms with E-state index in [1.807, 2.05) is 12.1 Å². The van der Waals surface area contributed by atoms with Gasteiger partial charge in [0.15, 0.2) is 0 Å². The van der Waals surface area contributed by atoms with Gasteiger partial charge in [0.25, 0.3) is 0 Å². The van der Waals surface area contributed by atoms with Crippen molar-refractivity contribution in [2.24, 2.45) is 4.99 Å². The standard InChI is InChI=1S/C13H9BrN2O2/c14-12-10(2-1-7-15-12)8-16-11-5-3-9(4-6-11)13(17)18/h1-8H,(H,17,18). The largest absolute Gasteiger partial charge is 0.478 e. The van der Waals surface area contributed by atoms with E-state index in [1.165, 1.54) is 12.1 Å². The fraction of sp³-hybridized carbons (Fsp3) is 0. The fourth-order valence-electron chi connectivity index (χ4n) is 1.33. The number of pyridine rings is 1. The molecule has 0 fully saturated rings. The first-order valence-electron chi connectivity index (χ1n) is 5.15. The summed E-state index contributed by atoms with van der Waals surface area (Å²) in [5.41, 5.74) is 1.80. The lowest BCUT2D eigenvalue weighted by Gasteiger charge is -1.97. The van der Waals surface area contributed by atoms with Crippen molar-refractivity contribution < 1.29 is 9.90 Å². The SMILES string of the molecule is O=C(O)c1ccc(N=Cc2cccnc2Br)cc1. The minimum absolute atomic E-state index is 0.247. The molecule has 5 heteroatoms. The Balaban J connectivity index is 2.19. The average Bonchev–Trinajstić information content (AvgIpc) is 2.38. The zero-order chi connectivity index (χ0) is 13.0. The van der Waals surface area contributed by atoms with Crippen LogP contribution >= 0.6 is 15.9 Å². The first-order chi connectivity index (χ1) is 8.66. The van der Waals surface area contributed by atoms with Crippen LogP contribution in [0.5, 0.6) is 0 Å². The third-order valence-corrected chi connectivity index (χ3v) is 2.92. The Labute approximate surface area is 112 Å². The molecule has 1 aromatic heterocycles. The summed E-state index contributed by atoms with van der Waals surface area (Å²) in [7, 11) is 0. The summed E-state index contributed by atoms with van der Waals surface area (Å²) in [6.07, 6.45) is 3.36. The molecule has 0 radical (unpaired) electrons. The lowest BCUT2D eigenvalue weighted by atomic mass is 10.2. The van der Waals surface area contributed by atoms with Crippen LogP contribution in [-0.2, 0) is 0 Å². The molecule has 0 bridgehead atoms. The molecule has 1 N–H and O–H groups in total. The predicted molar refractivity (Wildman–Crippen MR) is 72.6 cm³/mol. The summed E-state index contributed by atoms with van der Waals surface area (Å²) in [6, 6.07) is 10.1. The lowest BCUT2D eigenvalue weighted by Crippen LogP contribution is -1.94. The Morgan fingerprint density at radius 1 is 1.28 bits per heavy atom. The summed E-state index contributed by atoms with van der Waals surface area (Å²) < 4.78 is 0.718. The van der Waals surface area contributed by atoms with Crippen LogP contribution in [0.4, 0.5) is 5.69 Å². The monoisotopic (exact) mass is 304 g/mol. The van der Waals surface area contributed by atoms with Crippen LogP contribution in [-0.4, -0.2) is 22.3 Å². The molecule has 0 saturated heterocycles. The second-order valence-electron chi connectivity index (χ2n) is 3.49. The number of hydrogen-bond acceptors (Lipinski definition) is 3. The van der Waals surface area contributed by atoms with Crippen LogP contribution in [0.25, 0.3) is 0 Å². The second kappa shape index (κ2) is 5.55. The van der Waals surface area contributed by atoms with Crippen molar-refractivity contribution in [2.75, 3.05) is 0 Å². The number of benzene rings is 1. The number of aromatic carboxylic acids is 1. The Morgan fingerprint density at radius 2 is 2.00 bits per heavy atom. The maximum Gasteiger partial charge on any atom is 0.335 e. The molecule has 0 aliphatic heterocycles. The van der Waals surface area contributed by atoms with Gasteiger partial charge >= 0.3 is 5.97 Å². The first-order valence-corrected chi connectivity index (χ1v) is 5.94.